The molecule has 0 nitrogen and oxygen atoms in total. The first-order chi connectivity index (χ1) is 4.55. The summed E-state index contributed by atoms with van der Waals surface area (Å²) < 4.78 is 0. The summed E-state index contributed by atoms with van der Waals surface area (Å²) in [5, 5.41) is 0. The van der Waals surface area contributed by atoms with Crippen molar-refractivity contribution in [1.29, 1.82) is 0 Å². The molecule has 0 heterocycles. The van der Waals surface area contributed by atoms with Crippen molar-refractivity contribution in [1.82, 2.24) is 0 Å². The minimum Gasteiger partial charge on any atom is -0.0589 e. The fraction of sp³-hybridized carbons (Fsp3) is 0.500. The third-order valence-electron chi connectivity index (χ3n) is 2.81. The molecule has 1 heteroatoms. The Hall–Kier alpha value is 0.168. The van der Waals surface area contributed by atoms with Gasteiger partial charge in [0, 0.05) is 27.0 Å². The van der Waals surface area contributed by atoms with Crippen LogP contribution in [0.4, 0.5) is 0 Å². The van der Waals surface area contributed by atoms with Gasteiger partial charge >= 0.3 is 0 Å². The molecule has 0 saturated carbocycles. The zero-order chi connectivity index (χ0) is 7.89. The monoisotopic (exact) mass is 319 g/mol. The zero-order valence-electron chi connectivity index (χ0n) is 7.91. The van der Waals surface area contributed by atoms with Crippen LogP contribution >= 0.6 is 0 Å². The number of allylic oxidation sites excluding steroid dienone is 4. The Morgan fingerprint density at radius 3 is 0.909 bits per heavy atom. The van der Waals surface area contributed by atoms with Crippen LogP contribution in [-0.2, 0) is 21.1 Å². The molecule has 1 aliphatic carbocycles. The summed E-state index contributed by atoms with van der Waals surface area (Å²) in [4.78, 5) is 0. The predicted molar refractivity (Wildman–Crippen MR) is 45.7 cm³/mol. The van der Waals surface area contributed by atoms with Crippen LogP contribution in [0.1, 0.15) is 34.6 Å². The molecule has 11 heavy (non-hydrogen) atoms. The Morgan fingerprint density at radius 1 is 0.545 bits per heavy atom. The van der Waals surface area contributed by atoms with E-state index in [0.29, 0.717) is 0 Å². The molecule has 0 spiro atoms. The molecular formula is C10H15W. The van der Waals surface area contributed by atoms with Gasteiger partial charge in [0.2, 0.25) is 0 Å². The molecule has 0 atom stereocenters. The second-order valence-corrected chi connectivity index (χ2v) is 3.12. The molecule has 61 valence electrons. The second kappa shape index (κ2) is 3.71. The Labute approximate surface area is 84.0 Å². The van der Waals surface area contributed by atoms with Gasteiger partial charge in [-0.2, -0.15) is 0 Å². The molecule has 0 bridgehead atoms. The van der Waals surface area contributed by atoms with E-state index in [1.54, 1.807) is 0 Å². The minimum absolute atomic E-state index is 0. The van der Waals surface area contributed by atoms with Gasteiger partial charge in [0.05, 0.1) is 0 Å². The van der Waals surface area contributed by atoms with Gasteiger partial charge in [-0.1, -0.05) is 18.1 Å². The first-order valence-electron chi connectivity index (χ1n) is 3.75. The van der Waals surface area contributed by atoms with E-state index in [9.17, 15) is 0 Å². The normalized spacial score (nSPS) is 19.4. The van der Waals surface area contributed by atoms with Gasteiger partial charge in [-0.25, -0.2) is 0 Å². The molecular weight excluding hydrogens is 304 g/mol. The first kappa shape index (κ1) is 11.2. The van der Waals surface area contributed by atoms with Gasteiger partial charge in [-0.3, -0.25) is 0 Å². The topological polar surface area (TPSA) is 0 Å². The largest absolute Gasteiger partial charge is 0.0589 e. The molecule has 0 N–H and O–H groups in total. The van der Waals surface area contributed by atoms with Crippen molar-refractivity contribution in [3.63, 3.8) is 0 Å². The van der Waals surface area contributed by atoms with Crippen LogP contribution in [0.25, 0.3) is 0 Å². The summed E-state index contributed by atoms with van der Waals surface area (Å²) in [6.45, 7) is 11.0. The van der Waals surface area contributed by atoms with Gasteiger partial charge in [-0.15, -0.1) is 0 Å². The molecule has 1 rings (SSSR count). The van der Waals surface area contributed by atoms with E-state index < -0.39 is 0 Å². The van der Waals surface area contributed by atoms with Crippen LogP contribution < -0.4 is 0 Å². The molecule has 1 aliphatic rings. The second-order valence-electron chi connectivity index (χ2n) is 3.12. The van der Waals surface area contributed by atoms with Gasteiger partial charge < -0.3 is 0 Å². The summed E-state index contributed by atoms with van der Waals surface area (Å²) in [6.07, 6.45) is 0. The SMILES string of the molecule is C[C]1C(C)=C(C)C(C)=C1C.[W]. The molecule has 0 saturated heterocycles. The fourth-order valence-electron chi connectivity index (χ4n) is 1.41. The Bertz CT molecular complexity index is 197. The summed E-state index contributed by atoms with van der Waals surface area (Å²) in [5.74, 6) is 1.47. The van der Waals surface area contributed by atoms with E-state index >= 15 is 0 Å². The van der Waals surface area contributed by atoms with Crippen LogP contribution in [0.2, 0.25) is 0 Å². The average Bonchev–Trinajstić information content (AvgIpc) is 2.07. The van der Waals surface area contributed by atoms with Crippen molar-refractivity contribution in [2.45, 2.75) is 34.6 Å². The van der Waals surface area contributed by atoms with Crippen molar-refractivity contribution in [2.24, 2.45) is 0 Å². The van der Waals surface area contributed by atoms with Crippen molar-refractivity contribution >= 4 is 0 Å². The first-order valence-corrected chi connectivity index (χ1v) is 3.75. The summed E-state index contributed by atoms with van der Waals surface area (Å²) in [5.41, 5.74) is 5.87. The molecule has 1 radical (unpaired) electrons. The van der Waals surface area contributed by atoms with E-state index in [-0.39, 0.29) is 21.1 Å². The number of hydrogen-bond acceptors (Lipinski definition) is 0. The smallest absolute Gasteiger partial charge is 0.0226 e. The van der Waals surface area contributed by atoms with Gasteiger partial charge in [0.25, 0.3) is 0 Å². The van der Waals surface area contributed by atoms with E-state index in [0.717, 1.165) is 0 Å². The minimum atomic E-state index is 0. The molecule has 0 aliphatic heterocycles. The summed E-state index contributed by atoms with van der Waals surface area (Å²) in [6, 6.07) is 0. The van der Waals surface area contributed by atoms with Crippen LogP contribution in [-0.4, -0.2) is 0 Å². The molecule has 0 unspecified atom stereocenters. The quantitative estimate of drug-likeness (QED) is 0.643. The maximum atomic E-state index is 2.20. The van der Waals surface area contributed by atoms with Gasteiger partial charge in [0.15, 0.2) is 0 Å². The van der Waals surface area contributed by atoms with Crippen molar-refractivity contribution in [2.75, 3.05) is 0 Å². The molecule has 0 aromatic heterocycles. The molecule has 0 fully saturated rings. The number of hydrogen-bond donors (Lipinski definition) is 0. The summed E-state index contributed by atoms with van der Waals surface area (Å²) >= 11 is 0. The number of rotatable bonds is 0. The third-order valence-corrected chi connectivity index (χ3v) is 2.81. The maximum Gasteiger partial charge on any atom is 0.0226 e. The average molecular weight is 319 g/mol. The molecule has 0 aromatic rings. The van der Waals surface area contributed by atoms with Gasteiger partial charge in [0.1, 0.15) is 0 Å². The fourth-order valence-corrected chi connectivity index (χ4v) is 1.41. The van der Waals surface area contributed by atoms with Crippen LogP contribution in [0, 0.1) is 5.92 Å². The van der Waals surface area contributed by atoms with Crippen molar-refractivity contribution < 1.29 is 21.1 Å². The van der Waals surface area contributed by atoms with Crippen molar-refractivity contribution in [3.8, 4) is 0 Å². The van der Waals surface area contributed by atoms with Crippen LogP contribution in [0.15, 0.2) is 22.3 Å². The van der Waals surface area contributed by atoms with E-state index in [1.807, 2.05) is 0 Å². The Balaban J connectivity index is 0.000001000. The molecule has 0 amide bonds. The molecule has 0 aromatic carbocycles. The Morgan fingerprint density at radius 2 is 0.818 bits per heavy atom. The zero-order valence-corrected chi connectivity index (χ0v) is 10.8. The van der Waals surface area contributed by atoms with Crippen molar-refractivity contribution in [3.05, 3.63) is 28.2 Å². The van der Waals surface area contributed by atoms with E-state index in [1.165, 1.54) is 28.2 Å². The summed E-state index contributed by atoms with van der Waals surface area (Å²) in [7, 11) is 0. The van der Waals surface area contributed by atoms with Crippen LogP contribution in [0.5, 0.6) is 0 Å². The van der Waals surface area contributed by atoms with Crippen LogP contribution in [0.3, 0.4) is 0 Å². The van der Waals surface area contributed by atoms with Gasteiger partial charge in [-0.05, 0) is 38.8 Å². The standard InChI is InChI=1S/C10H15.W/c1-6-7(2)9(4)10(5)8(6)3;/h1-5H3;. The van der Waals surface area contributed by atoms with E-state index in [4.69, 9.17) is 0 Å². The maximum absolute atomic E-state index is 2.20. The third kappa shape index (κ3) is 1.67. The predicted octanol–water partition coefficient (Wildman–Crippen LogP) is 3.26. The van der Waals surface area contributed by atoms with E-state index in [2.05, 4.69) is 34.6 Å². The Kier molecular flexibility index (Phi) is 3.77.